The van der Waals surface area contributed by atoms with Crippen LogP contribution in [0.25, 0.3) is 0 Å². The first-order valence-electron chi connectivity index (χ1n) is 7.82. The summed E-state index contributed by atoms with van der Waals surface area (Å²) in [6, 6.07) is 7.07. The van der Waals surface area contributed by atoms with Gasteiger partial charge in [-0.15, -0.1) is 0 Å². The Balaban J connectivity index is 2.13. The molecule has 0 aliphatic heterocycles. The molecule has 0 saturated carbocycles. The van der Waals surface area contributed by atoms with Gasteiger partial charge in [-0.3, -0.25) is 19.1 Å². The standard InChI is InChI=1S/C16H10F6N2O4S3/c17-15(18,19)29-10-3-1-2-9(6-10)23-14(25)8-31(28)13-5-4-11(30-16(20,21)22)7-12(13)24(26)27/h1-7H,8H2,(H,23,25)/t31-/m0/s1. The van der Waals surface area contributed by atoms with Crippen LogP contribution < -0.4 is 5.32 Å². The molecule has 2 rings (SSSR count). The van der Waals surface area contributed by atoms with E-state index in [0.717, 1.165) is 24.3 Å². The molecule has 0 aromatic heterocycles. The maximum atomic E-state index is 12.4. The van der Waals surface area contributed by atoms with Gasteiger partial charge < -0.3 is 5.32 Å². The van der Waals surface area contributed by atoms with E-state index in [1.807, 2.05) is 0 Å². The molecule has 168 valence electrons. The van der Waals surface area contributed by atoms with Crippen molar-refractivity contribution in [1.82, 2.24) is 0 Å². The third-order valence-corrected chi connectivity index (χ3v) is 6.02. The molecule has 1 amide bonds. The molecule has 2 aromatic carbocycles. The van der Waals surface area contributed by atoms with E-state index in [-0.39, 0.29) is 10.6 Å². The molecule has 0 fully saturated rings. The predicted molar refractivity (Wildman–Crippen MR) is 103 cm³/mol. The van der Waals surface area contributed by atoms with Crippen molar-refractivity contribution in [1.29, 1.82) is 0 Å². The maximum absolute atomic E-state index is 12.4. The van der Waals surface area contributed by atoms with Gasteiger partial charge in [0.25, 0.3) is 5.69 Å². The summed E-state index contributed by atoms with van der Waals surface area (Å²) in [6.45, 7) is 0. The Morgan fingerprint density at radius 1 is 1.00 bits per heavy atom. The van der Waals surface area contributed by atoms with Gasteiger partial charge >= 0.3 is 11.0 Å². The number of nitro benzene ring substituents is 1. The molecule has 0 aliphatic carbocycles. The molecule has 0 spiro atoms. The van der Waals surface area contributed by atoms with E-state index in [1.165, 1.54) is 12.1 Å². The SMILES string of the molecule is O=C(C[S@](=O)c1ccc(SC(F)(F)F)cc1[N+](=O)[O-])Nc1cccc(SC(F)(F)F)c1. The highest BCUT2D eigenvalue weighted by Crippen LogP contribution is 2.39. The summed E-state index contributed by atoms with van der Waals surface area (Å²) in [5.74, 6) is -1.72. The number of benzene rings is 2. The number of hydrogen-bond acceptors (Lipinski definition) is 6. The van der Waals surface area contributed by atoms with E-state index in [4.69, 9.17) is 0 Å². The lowest BCUT2D eigenvalue weighted by Gasteiger charge is -2.10. The van der Waals surface area contributed by atoms with Crippen LogP contribution in [0.2, 0.25) is 0 Å². The average Bonchev–Trinajstić information content (AvgIpc) is 2.58. The minimum absolute atomic E-state index is 0.0253. The van der Waals surface area contributed by atoms with Crippen molar-refractivity contribution in [2.24, 2.45) is 0 Å². The molecule has 0 heterocycles. The van der Waals surface area contributed by atoms with Crippen LogP contribution in [-0.4, -0.2) is 31.8 Å². The number of carbonyl (C=O) groups is 1. The minimum Gasteiger partial charge on any atom is -0.325 e. The summed E-state index contributed by atoms with van der Waals surface area (Å²) < 4.78 is 87.0. The van der Waals surface area contributed by atoms with Crippen molar-refractivity contribution < 1.29 is 40.3 Å². The number of carbonyl (C=O) groups excluding carboxylic acids is 1. The zero-order chi connectivity index (χ0) is 23.4. The zero-order valence-electron chi connectivity index (χ0n) is 14.8. The first-order valence-corrected chi connectivity index (χ1v) is 10.8. The molecule has 1 atom stereocenters. The third kappa shape index (κ3) is 8.41. The van der Waals surface area contributed by atoms with Crippen molar-refractivity contribution in [3.8, 4) is 0 Å². The number of rotatable bonds is 7. The number of hydrogen-bond donors (Lipinski definition) is 1. The summed E-state index contributed by atoms with van der Waals surface area (Å²) >= 11 is -0.996. The highest BCUT2D eigenvalue weighted by atomic mass is 32.2. The number of nitro groups is 1. The number of alkyl halides is 6. The number of thioether (sulfide) groups is 2. The lowest BCUT2D eigenvalue weighted by Crippen LogP contribution is -2.20. The lowest BCUT2D eigenvalue weighted by atomic mass is 10.3. The molecule has 0 radical (unpaired) electrons. The Bertz CT molecular complexity index is 1010. The zero-order valence-corrected chi connectivity index (χ0v) is 17.3. The fourth-order valence-electron chi connectivity index (χ4n) is 2.19. The highest BCUT2D eigenvalue weighted by Gasteiger charge is 2.31. The van der Waals surface area contributed by atoms with Gasteiger partial charge in [-0.25, -0.2) is 0 Å². The Hall–Kier alpha value is -2.26. The van der Waals surface area contributed by atoms with E-state index in [2.05, 4.69) is 5.32 Å². The van der Waals surface area contributed by atoms with Gasteiger partial charge in [0.05, 0.1) is 15.7 Å². The van der Waals surface area contributed by atoms with Crippen molar-refractivity contribution in [3.63, 3.8) is 0 Å². The summed E-state index contributed by atoms with van der Waals surface area (Å²) in [4.78, 5) is 21.0. The van der Waals surface area contributed by atoms with Gasteiger partial charge in [-0.2, -0.15) is 26.3 Å². The quantitative estimate of drug-likeness (QED) is 0.230. The second-order valence-electron chi connectivity index (χ2n) is 5.55. The van der Waals surface area contributed by atoms with Gasteiger partial charge in [0.1, 0.15) is 10.6 Å². The van der Waals surface area contributed by atoms with Crippen LogP contribution in [0, 0.1) is 10.1 Å². The molecule has 0 unspecified atom stereocenters. The van der Waals surface area contributed by atoms with E-state index in [1.54, 1.807) is 0 Å². The molecular weight excluding hydrogens is 494 g/mol. The van der Waals surface area contributed by atoms with E-state index < -0.39 is 77.4 Å². The van der Waals surface area contributed by atoms with Crippen LogP contribution in [0.3, 0.4) is 0 Å². The number of halogens is 6. The van der Waals surface area contributed by atoms with Crippen LogP contribution >= 0.6 is 23.5 Å². The van der Waals surface area contributed by atoms with Gasteiger partial charge in [0, 0.05) is 21.5 Å². The third-order valence-electron chi connectivity index (χ3n) is 3.22. The lowest BCUT2D eigenvalue weighted by molar-refractivity contribution is -0.388. The van der Waals surface area contributed by atoms with Gasteiger partial charge in [-0.05, 0) is 53.9 Å². The van der Waals surface area contributed by atoms with Crippen molar-refractivity contribution >= 4 is 51.6 Å². The molecule has 0 bridgehead atoms. The van der Waals surface area contributed by atoms with Crippen LogP contribution in [0.5, 0.6) is 0 Å². The number of anilines is 1. The molecule has 15 heteroatoms. The molecule has 6 nitrogen and oxygen atoms in total. The Morgan fingerprint density at radius 2 is 1.58 bits per heavy atom. The number of nitrogens with zero attached hydrogens (tertiary/aromatic N) is 1. The first-order chi connectivity index (χ1) is 14.2. The molecule has 0 aliphatic rings. The van der Waals surface area contributed by atoms with E-state index >= 15 is 0 Å². The van der Waals surface area contributed by atoms with Crippen LogP contribution in [0.4, 0.5) is 37.7 Å². The highest BCUT2D eigenvalue weighted by molar-refractivity contribution is 8.00. The van der Waals surface area contributed by atoms with Gasteiger partial charge in [0.15, 0.2) is 0 Å². The van der Waals surface area contributed by atoms with Crippen molar-refractivity contribution in [3.05, 3.63) is 52.6 Å². The monoisotopic (exact) mass is 504 g/mol. The molecule has 1 N–H and O–H groups in total. The van der Waals surface area contributed by atoms with Crippen molar-refractivity contribution in [2.75, 3.05) is 11.1 Å². The van der Waals surface area contributed by atoms with Crippen LogP contribution in [0.15, 0.2) is 57.2 Å². The molecule has 0 saturated heterocycles. The summed E-state index contributed by atoms with van der Waals surface area (Å²) in [5, 5.41) is 13.4. The van der Waals surface area contributed by atoms with E-state index in [0.29, 0.717) is 6.07 Å². The average molecular weight is 504 g/mol. The summed E-state index contributed by atoms with van der Waals surface area (Å²) in [6.07, 6.45) is 0. The second-order valence-corrected chi connectivity index (χ2v) is 9.24. The fraction of sp³-hybridized carbons (Fsp3) is 0.188. The molecule has 2 aromatic rings. The first kappa shape index (κ1) is 25.0. The Kier molecular flexibility index (Phi) is 7.99. The van der Waals surface area contributed by atoms with Crippen LogP contribution in [-0.2, 0) is 15.6 Å². The Morgan fingerprint density at radius 3 is 2.13 bits per heavy atom. The van der Waals surface area contributed by atoms with Gasteiger partial charge in [-0.1, -0.05) is 6.07 Å². The summed E-state index contributed by atoms with van der Waals surface area (Å²) in [7, 11) is -2.30. The van der Waals surface area contributed by atoms with Crippen LogP contribution in [0.1, 0.15) is 0 Å². The molecule has 31 heavy (non-hydrogen) atoms. The number of nitrogens with one attached hydrogen (secondary N) is 1. The topological polar surface area (TPSA) is 89.3 Å². The maximum Gasteiger partial charge on any atom is 0.446 e. The molecular formula is C16H10F6N2O4S3. The number of amides is 1. The summed E-state index contributed by atoms with van der Waals surface area (Å²) in [5.41, 5.74) is -10.1. The Labute approximate surface area is 181 Å². The van der Waals surface area contributed by atoms with Crippen molar-refractivity contribution in [2.45, 2.75) is 25.7 Å². The fourth-order valence-corrected chi connectivity index (χ4v) is 4.42. The largest absolute Gasteiger partial charge is 0.446 e. The normalized spacial score (nSPS) is 13.0. The van der Waals surface area contributed by atoms with Gasteiger partial charge in [0.2, 0.25) is 5.91 Å². The van der Waals surface area contributed by atoms with E-state index in [9.17, 15) is 45.5 Å². The predicted octanol–water partition coefficient (Wildman–Crippen LogP) is 5.56. The smallest absolute Gasteiger partial charge is 0.325 e. The minimum atomic E-state index is -4.69. The second kappa shape index (κ2) is 9.91.